The van der Waals surface area contributed by atoms with Gasteiger partial charge in [-0.15, -0.1) is 11.8 Å². The fourth-order valence-corrected chi connectivity index (χ4v) is 4.03. The van der Waals surface area contributed by atoms with Crippen LogP contribution in [0, 0.1) is 0 Å². The number of hydrogen-bond donors (Lipinski definition) is 2. The van der Waals surface area contributed by atoms with E-state index < -0.39 is 0 Å². The molecule has 2 N–H and O–H groups in total. The van der Waals surface area contributed by atoms with E-state index in [2.05, 4.69) is 20.6 Å². The van der Waals surface area contributed by atoms with E-state index in [1.165, 1.54) is 4.52 Å². The highest BCUT2D eigenvalue weighted by molar-refractivity contribution is 7.98. The number of para-hydroxylation sites is 2. The van der Waals surface area contributed by atoms with Crippen molar-refractivity contribution in [1.29, 1.82) is 0 Å². The number of carbonyl (C=O) groups excluding carboxylic acids is 1. The molecule has 4 rings (SSSR count). The summed E-state index contributed by atoms with van der Waals surface area (Å²) >= 11 is 1.55. The quantitative estimate of drug-likeness (QED) is 0.393. The number of hydrogen-bond acceptors (Lipinski definition) is 6. The summed E-state index contributed by atoms with van der Waals surface area (Å²) < 4.78 is 8.48. The highest BCUT2D eigenvalue weighted by Gasteiger charge is 2.11. The van der Waals surface area contributed by atoms with Gasteiger partial charge < -0.3 is 15.4 Å². The number of aromatic nitrogens is 4. The topological polar surface area (TPSA) is 103 Å². The van der Waals surface area contributed by atoms with E-state index in [9.17, 15) is 9.59 Å². The molecular weight excluding hydrogens is 440 g/mol. The van der Waals surface area contributed by atoms with Crippen molar-refractivity contribution in [3.05, 3.63) is 77.0 Å². The molecular formula is C23H24N6O3S. The largest absolute Gasteiger partial charge is 0.495 e. The highest BCUT2D eigenvalue weighted by Crippen LogP contribution is 2.25. The molecule has 0 bridgehead atoms. The number of nitrogens with one attached hydrogen (secondary N) is 2. The van der Waals surface area contributed by atoms with Gasteiger partial charge in [0.1, 0.15) is 12.1 Å². The zero-order chi connectivity index (χ0) is 23.4. The Kier molecular flexibility index (Phi) is 6.64. The van der Waals surface area contributed by atoms with E-state index in [0.717, 1.165) is 4.90 Å². The van der Waals surface area contributed by atoms with Crippen molar-refractivity contribution in [2.45, 2.75) is 30.5 Å². The minimum absolute atomic E-state index is 0.110. The fourth-order valence-electron chi connectivity index (χ4n) is 3.24. The lowest BCUT2D eigenvalue weighted by Gasteiger charge is -2.11. The Morgan fingerprint density at radius 3 is 2.61 bits per heavy atom. The maximum Gasteiger partial charge on any atom is 0.323 e. The SMILES string of the molecule is COc1ccccc1NC(=O)Nc1ccc(SCc2cc(=O)n3c(ncn3C(C)C)n2)cc1. The third kappa shape index (κ3) is 5.17. The maximum atomic E-state index is 12.5. The molecule has 9 nitrogen and oxygen atoms in total. The maximum absolute atomic E-state index is 12.5. The molecule has 0 spiro atoms. The van der Waals surface area contributed by atoms with Crippen LogP contribution >= 0.6 is 11.8 Å². The first-order valence-electron chi connectivity index (χ1n) is 10.3. The van der Waals surface area contributed by atoms with Gasteiger partial charge in [-0.2, -0.15) is 9.50 Å². The molecule has 170 valence electrons. The molecule has 2 amide bonds. The molecule has 0 fully saturated rings. The van der Waals surface area contributed by atoms with Crippen molar-refractivity contribution in [1.82, 2.24) is 19.2 Å². The van der Waals surface area contributed by atoms with E-state index in [-0.39, 0.29) is 17.6 Å². The second-order valence-electron chi connectivity index (χ2n) is 7.51. The summed E-state index contributed by atoms with van der Waals surface area (Å²) in [5, 5.41) is 5.57. The average Bonchev–Trinajstić information content (AvgIpc) is 3.24. The molecule has 0 saturated heterocycles. The lowest BCUT2D eigenvalue weighted by molar-refractivity contribution is 0.262. The van der Waals surface area contributed by atoms with Crippen molar-refractivity contribution in [3.63, 3.8) is 0 Å². The van der Waals surface area contributed by atoms with Crippen LogP contribution in [0.4, 0.5) is 16.2 Å². The van der Waals surface area contributed by atoms with Gasteiger partial charge in [0, 0.05) is 28.4 Å². The third-order valence-corrected chi connectivity index (χ3v) is 5.88. The number of urea groups is 1. The van der Waals surface area contributed by atoms with Gasteiger partial charge in [0.2, 0.25) is 0 Å². The van der Waals surface area contributed by atoms with Crippen molar-refractivity contribution < 1.29 is 9.53 Å². The molecule has 33 heavy (non-hydrogen) atoms. The lowest BCUT2D eigenvalue weighted by atomic mass is 10.3. The van der Waals surface area contributed by atoms with E-state index in [1.54, 1.807) is 48.1 Å². The molecule has 0 aliphatic carbocycles. The zero-order valence-electron chi connectivity index (χ0n) is 18.5. The summed E-state index contributed by atoms with van der Waals surface area (Å²) in [6.45, 7) is 3.97. The monoisotopic (exact) mass is 464 g/mol. The number of amides is 2. The second-order valence-corrected chi connectivity index (χ2v) is 8.56. The van der Waals surface area contributed by atoms with Gasteiger partial charge in [0.25, 0.3) is 11.3 Å². The van der Waals surface area contributed by atoms with Gasteiger partial charge in [0.15, 0.2) is 0 Å². The van der Waals surface area contributed by atoms with Crippen LogP contribution in [-0.4, -0.2) is 32.3 Å². The summed E-state index contributed by atoms with van der Waals surface area (Å²) in [4.78, 5) is 34.5. The Morgan fingerprint density at radius 1 is 1.12 bits per heavy atom. The van der Waals surface area contributed by atoms with Gasteiger partial charge in [0.05, 0.1) is 18.5 Å². The zero-order valence-corrected chi connectivity index (χ0v) is 19.3. The first-order valence-corrected chi connectivity index (χ1v) is 11.3. The van der Waals surface area contributed by atoms with Crippen LogP contribution in [0.5, 0.6) is 5.75 Å². The number of anilines is 2. The molecule has 0 saturated carbocycles. The molecule has 2 heterocycles. The van der Waals surface area contributed by atoms with Crippen LogP contribution in [0.15, 0.2) is 70.6 Å². The van der Waals surface area contributed by atoms with Crippen LogP contribution in [0.1, 0.15) is 25.6 Å². The van der Waals surface area contributed by atoms with Crippen LogP contribution < -0.4 is 20.9 Å². The minimum atomic E-state index is -0.362. The third-order valence-electron chi connectivity index (χ3n) is 4.84. The Labute approximate surface area is 194 Å². The Bertz CT molecular complexity index is 1330. The van der Waals surface area contributed by atoms with Gasteiger partial charge in [-0.1, -0.05) is 12.1 Å². The normalized spacial score (nSPS) is 11.0. The Balaban J connectivity index is 1.37. The molecule has 2 aromatic carbocycles. The minimum Gasteiger partial charge on any atom is -0.495 e. The number of benzene rings is 2. The summed E-state index contributed by atoms with van der Waals surface area (Å²) in [7, 11) is 1.55. The van der Waals surface area contributed by atoms with Crippen LogP contribution in [0.3, 0.4) is 0 Å². The molecule has 0 unspecified atom stereocenters. The fraction of sp³-hybridized carbons (Fsp3) is 0.217. The first kappa shape index (κ1) is 22.4. The van der Waals surface area contributed by atoms with E-state index >= 15 is 0 Å². The number of methoxy groups -OCH3 is 1. The van der Waals surface area contributed by atoms with Crippen molar-refractivity contribution in [2.75, 3.05) is 17.7 Å². The van der Waals surface area contributed by atoms with Crippen LogP contribution in [0.2, 0.25) is 0 Å². The number of rotatable bonds is 7. The first-order chi connectivity index (χ1) is 15.9. The number of nitrogens with zero attached hydrogens (tertiary/aromatic N) is 4. The standard InChI is InChI=1S/C23H24N6O3S/c1-15(2)28-14-24-22-25-17(12-21(30)29(22)28)13-33-18-10-8-16(9-11-18)26-23(31)27-19-6-4-5-7-20(19)32-3/h4-12,14-15H,13H2,1-3H3,(H2,26,27,31). The number of ether oxygens (including phenoxy) is 1. The molecule has 2 aromatic heterocycles. The predicted octanol–water partition coefficient (Wildman–Crippen LogP) is 4.42. The molecule has 0 radical (unpaired) electrons. The molecule has 0 aliphatic heterocycles. The van der Waals surface area contributed by atoms with Crippen molar-refractivity contribution in [3.8, 4) is 5.75 Å². The number of carbonyl (C=O) groups is 1. The highest BCUT2D eigenvalue weighted by atomic mass is 32.2. The summed E-state index contributed by atoms with van der Waals surface area (Å²) in [6, 6.07) is 15.9. The molecule has 10 heteroatoms. The predicted molar refractivity (Wildman–Crippen MR) is 129 cm³/mol. The summed E-state index contributed by atoms with van der Waals surface area (Å²) in [6.07, 6.45) is 1.63. The number of fused-ring (bicyclic) bond motifs is 1. The lowest BCUT2D eigenvalue weighted by Crippen LogP contribution is -2.22. The van der Waals surface area contributed by atoms with Crippen molar-refractivity contribution in [2.24, 2.45) is 0 Å². The van der Waals surface area contributed by atoms with Crippen molar-refractivity contribution >= 4 is 34.9 Å². The van der Waals surface area contributed by atoms with Crippen LogP contribution in [0.25, 0.3) is 5.78 Å². The van der Waals surface area contributed by atoms with Crippen LogP contribution in [-0.2, 0) is 5.75 Å². The molecule has 4 aromatic rings. The smallest absolute Gasteiger partial charge is 0.323 e. The van der Waals surface area contributed by atoms with Gasteiger partial charge in [-0.05, 0) is 50.2 Å². The van der Waals surface area contributed by atoms with Gasteiger partial charge in [-0.3, -0.25) is 9.48 Å². The van der Waals surface area contributed by atoms with Gasteiger partial charge >= 0.3 is 6.03 Å². The second kappa shape index (κ2) is 9.78. The average molecular weight is 465 g/mol. The summed E-state index contributed by atoms with van der Waals surface area (Å²) in [5.74, 6) is 1.51. The molecule has 0 aliphatic rings. The van der Waals surface area contributed by atoms with E-state index in [1.807, 2.05) is 50.2 Å². The number of thioether (sulfide) groups is 1. The van der Waals surface area contributed by atoms with E-state index in [0.29, 0.717) is 34.3 Å². The Hall–Kier alpha value is -3.79. The van der Waals surface area contributed by atoms with Gasteiger partial charge in [-0.25, -0.2) is 9.78 Å². The Morgan fingerprint density at radius 2 is 1.88 bits per heavy atom. The molecule has 0 atom stereocenters. The summed E-state index contributed by atoms with van der Waals surface area (Å²) in [5.41, 5.74) is 1.76. The van der Waals surface area contributed by atoms with E-state index in [4.69, 9.17) is 4.74 Å².